The maximum Gasteiger partial charge on any atom is 0.171 e. The van der Waals surface area contributed by atoms with Gasteiger partial charge in [0, 0.05) is 28.4 Å². The van der Waals surface area contributed by atoms with Crippen molar-refractivity contribution in [2.75, 3.05) is 0 Å². The largest absolute Gasteiger partial charge is 0.383 e. The zero-order valence-electron chi connectivity index (χ0n) is 15.1. The molecule has 0 aliphatic carbocycles. The van der Waals surface area contributed by atoms with Crippen LogP contribution >= 0.6 is 11.3 Å². The monoisotopic (exact) mass is 402 g/mol. The fourth-order valence-corrected chi connectivity index (χ4v) is 4.62. The number of aliphatic hydroxyl groups is 1. The summed E-state index contributed by atoms with van der Waals surface area (Å²) in [5.74, 6) is 0.0846. The molecular weight excluding hydrogens is 387 g/mol. The second kappa shape index (κ2) is 7.20. The summed E-state index contributed by atoms with van der Waals surface area (Å²) < 4.78 is 14.9. The van der Waals surface area contributed by atoms with E-state index in [9.17, 15) is 9.50 Å². The van der Waals surface area contributed by atoms with E-state index in [1.165, 1.54) is 23.7 Å². The Labute approximate surface area is 169 Å². The van der Waals surface area contributed by atoms with Gasteiger partial charge in [-0.05, 0) is 40.6 Å². The zero-order chi connectivity index (χ0) is 19.8. The highest BCUT2D eigenvalue weighted by atomic mass is 32.1. The third kappa shape index (κ3) is 3.10. The fraction of sp³-hybridized carbons (Fsp3) is 0.0455. The van der Waals surface area contributed by atoms with Gasteiger partial charge < -0.3 is 10.1 Å². The first-order valence-corrected chi connectivity index (χ1v) is 9.80. The van der Waals surface area contributed by atoms with Crippen LogP contribution in [0.1, 0.15) is 17.2 Å². The topological polar surface area (TPSA) is 74.7 Å². The Morgan fingerprint density at radius 2 is 1.86 bits per heavy atom. The molecule has 142 valence electrons. The molecule has 2 aromatic carbocycles. The average molecular weight is 402 g/mol. The molecule has 0 saturated carbocycles. The Morgan fingerprint density at radius 3 is 2.66 bits per heavy atom. The highest BCUT2D eigenvalue weighted by molar-refractivity contribution is 7.19. The zero-order valence-corrected chi connectivity index (χ0v) is 15.9. The molecule has 0 aliphatic heterocycles. The standard InChI is InChI=1S/C22H15FN4OS/c23-17-6-5-13-3-1-2-4-15(13)19(17)20(28)16-11-18(14-7-9-24-10-8-14)29-21(16)22-25-12-26-27-22/h1-12,20,28H,(H,25,26,27). The molecule has 29 heavy (non-hydrogen) atoms. The average Bonchev–Trinajstić information content (AvgIpc) is 3.44. The van der Waals surface area contributed by atoms with Crippen molar-refractivity contribution < 1.29 is 9.50 Å². The van der Waals surface area contributed by atoms with Gasteiger partial charge in [0.05, 0.1) is 4.88 Å². The molecule has 3 heterocycles. The van der Waals surface area contributed by atoms with E-state index in [1.807, 2.05) is 42.5 Å². The minimum absolute atomic E-state index is 0.253. The number of aliphatic hydroxyl groups excluding tert-OH is 1. The third-order valence-corrected chi connectivity index (χ3v) is 6.05. The second-order valence-corrected chi connectivity index (χ2v) is 7.61. The molecule has 1 atom stereocenters. The first-order valence-electron chi connectivity index (χ1n) is 8.98. The normalized spacial score (nSPS) is 12.3. The quantitative estimate of drug-likeness (QED) is 0.445. The predicted molar refractivity (Wildman–Crippen MR) is 111 cm³/mol. The van der Waals surface area contributed by atoms with Crippen LogP contribution in [0.5, 0.6) is 0 Å². The summed E-state index contributed by atoms with van der Waals surface area (Å²) in [7, 11) is 0. The van der Waals surface area contributed by atoms with Crippen LogP contribution in [0.25, 0.3) is 31.9 Å². The summed E-state index contributed by atoms with van der Waals surface area (Å²) in [6.07, 6.45) is 3.75. The number of thiophene rings is 1. The van der Waals surface area contributed by atoms with Crippen molar-refractivity contribution in [1.82, 2.24) is 20.2 Å². The molecule has 0 aliphatic rings. The number of rotatable bonds is 4. The maximum atomic E-state index is 14.9. The van der Waals surface area contributed by atoms with Gasteiger partial charge in [-0.3, -0.25) is 4.98 Å². The van der Waals surface area contributed by atoms with Crippen molar-refractivity contribution in [3.63, 3.8) is 0 Å². The Bertz CT molecular complexity index is 1290. The number of hydrogen-bond donors (Lipinski definition) is 2. The van der Waals surface area contributed by atoms with E-state index in [0.29, 0.717) is 21.7 Å². The van der Waals surface area contributed by atoms with Gasteiger partial charge in [-0.15, -0.1) is 21.5 Å². The summed E-state index contributed by atoms with van der Waals surface area (Å²) in [6.45, 7) is 0. The molecule has 0 spiro atoms. The molecule has 0 bridgehead atoms. The molecule has 0 radical (unpaired) electrons. The summed E-state index contributed by atoms with van der Waals surface area (Å²) in [5, 5.41) is 20.8. The summed E-state index contributed by atoms with van der Waals surface area (Å²) in [5.41, 5.74) is 1.79. The Balaban J connectivity index is 1.72. The first kappa shape index (κ1) is 17.7. The Kier molecular flexibility index (Phi) is 4.38. The van der Waals surface area contributed by atoms with Crippen LogP contribution in [0.4, 0.5) is 4.39 Å². The van der Waals surface area contributed by atoms with Gasteiger partial charge in [0.1, 0.15) is 18.2 Å². The van der Waals surface area contributed by atoms with E-state index < -0.39 is 11.9 Å². The first-order chi connectivity index (χ1) is 14.2. The molecule has 0 amide bonds. The van der Waals surface area contributed by atoms with E-state index in [1.54, 1.807) is 18.5 Å². The molecule has 5 rings (SSSR count). The predicted octanol–water partition coefficient (Wildman–Crippen LogP) is 4.97. The van der Waals surface area contributed by atoms with Crippen molar-refractivity contribution in [1.29, 1.82) is 0 Å². The second-order valence-electron chi connectivity index (χ2n) is 6.55. The van der Waals surface area contributed by atoms with Gasteiger partial charge in [0.2, 0.25) is 0 Å². The van der Waals surface area contributed by atoms with Crippen LogP contribution in [-0.4, -0.2) is 25.3 Å². The van der Waals surface area contributed by atoms with Crippen LogP contribution in [0.3, 0.4) is 0 Å². The third-order valence-electron chi connectivity index (χ3n) is 4.84. The number of aromatic nitrogens is 4. The van der Waals surface area contributed by atoms with Crippen LogP contribution in [0, 0.1) is 5.82 Å². The number of nitrogens with zero attached hydrogens (tertiary/aromatic N) is 3. The van der Waals surface area contributed by atoms with Gasteiger partial charge in [0.15, 0.2) is 5.82 Å². The molecule has 7 heteroatoms. The smallest absolute Gasteiger partial charge is 0.171 e. The number of aromatic amines is 1. The molecule has 5 nitrogen and oxygen atoms in total. The highest BCUT2D eigenvalue weighted by Gasteiger charge is 2.25. The number of H-pyrrole nitrogens is 1. The van der Waals surface area contributed by atoms with E-state index >= 15 is 0 Å². The summed E-state index contributed by atoms with van der Waals surface area (Å²) in [4.78, 5) is 8.68. The van der Waals surface area contributed by atoms with Crippen LogP contribution < -0.4 is 0 Å². The molecule has 3 aromatic heterocycles. The Morgan fingerprint density at radius 1 is 1.03 bits per heavy atom. The van der Waals surface area contributed by atoms with Gasteiger partial charge >= 0.3 is 0 Å². The molecule has 5 aromatic rings. The molecule has 0 fully saturated rings. The SMILES string of the molecule is OC(c1cc(-c2ccncc2)sc1-c1nnc[nH]1)c1c(F)ccc2ccccc12. The number of halogens is 1. The van der Waals surface area contributed by atoms with Crippen LogP contribution in [-0.2, 0) is 0 Å². The van der Waals surface area contributed by atoms with Crippen molar-refractivity contribution in [3.8, 4) is 21.1 Å². The lowest BCUT2D eigenvalue weighted by Gasteiger charge is -2.15. The van der Waals surface area contributed by atoms with Crippen LogP contribution in [0.15, 0.2) is 73.3 Å². The highest BCUT2D eigenvalue weighted by Crippen LogP contribution is 2.42. The number of nitrogens with one attached hydrogen (secondary N) is 1. The minimum Gasteiger partial charge on any atom is -0.383 e. The fourth-order valence-electron chi connectivity index (χ4n) is 3.47. The van der Waals surface area contributed by atoms with Crippen molar-refractivity contribution in [2.45, 2.75) is 6.10 Å². The minimum atomic E-state index is -1.16. The maximum absolute atomic E-state index is 14.9. The molecule has 2 N–H and O–H groups in total. The molecule has 1 unspecified atom stereocenters. The number of benzene rings is 2. The molecular formula is C22H15FN4OS. The lowest BCUT2D eigenvalue weighted by Crippen LogP contribution is -2.04. The van der Waals surface area contributed by atoms with Crippen LogP contribution in [0.2, 0.25) is 0 Å². The van der Waals surface area contributed by atoms with E-state index in [2.05, 4.69) is 20.2 Å². The lowest BCUT2D eigenvalue weighted by molar-refractivity contribution is 0.217. The number of fused-ring (bicyclic) bond motifs is 1. The van der Waals surface area contributed by atoms with Gasteiger partial charge in [-0.2, -0.15) is 0 Å². The van der Waals surface area contributed by atoms with Gasteiger partial charge in [-0.1, -0.05) is 30.3 Å². The van der Waals surface area contributed by atoms with E-state index in [-0.39, 0.29) is 5.56 Å². The summed E-state index contributed by atoms with van der Waals surface area (Å²) in [6, 6.07) is 16.2. The molecule has 0 saturated heterocycles. The van der Waals surface area contributed by atoms with Crippen molar-refractivity contribution in [3.05, 3.63) is 90.3 Å². The van der Waals surface area contributed by atoms with E-state index in [0.717, 1.165) is 15.8 Å². The van der Waals surface area contributed by atoms with Gasteiger partial charge in [0.25, 0.3) is 0 Å². The van der Waals surface area contributed by atoms with Gasteiger partial charge in [-0.25, -0.2) is 4.39 Å². The number of pyridine rings is 1. The lowest BCUT2D eigenvalue weighted by atomic mass is 9.95. The van der Waals surface area contributed by atoms with Crippen molar-refractivity contribution >= 4 is 22.1 Å². The van der Waals surface area contributed by atoms with E-state index in [4.69, 9.17) is 0 Å². The summed E-state index contributed by atoms with van der Waals surface area (Å²) >= 11 is 1.46. The van der Waals surface area contributed by atoms with Crippen molar-refractivity contribution in [2.24, 2.45) is 0 Å². The Hall–Kier alpha value is -3.42. The number of hydrogen-bond acceptors (Lipinski definition) is 5.